The van der Waals surface area contributed by atoms with Gasteiger partial charge in [0.1, 0.15) is 6.10 Å². The van der Waals surface area contributed by atoms with Gasteiger partial charge in [-0.2, -0.15) is 0 Å². The number of carbonyl (C=O) groups is 1. The first-order chi connectivity index (χ1) is 6.50. The normalized spacial score (nSPS) is 33.0. The molecule has 0 heterocycles. The van der Waals surface area contributed by atoms with Crippen LogP contribution < -0.4 is 0 Å². The second-order valence-electron chi connectivity index (χ2n) is 4.75. The van der Waals surface area contributed by atoms with E-state index in [0.717, 1.165) is 12.8 Å². The van der Waals surface area contributed by atoms with Crippen molar-refractivity contribution in [2.75, 3.05) is 0 Å². The number of hydrogen-bond donors (Lipinski definition) is 1. The van der Waals surface area contributed by atoms with Gasteiger partial charge in [0.25, 0.3) is 0 Å². The zero-order valence-corrected chi connectivity index (χ0v) is 9.19. The predicted molar refractivity (Wildman–Crippen MR) is 54.2 cm³/mol. The third-order valence-corrected chi connectivity index (χ3v) is 3.21. The van der Waals surface area contributed by atoms with Crippen LogP contribution in [0.15, 0.2) is 0 Å². The minimum absolute atomic E-state index is 0.0868. The number of ether oxygens (including phenoxy) is 1. The second-order valence-corrected chi connectivity index (χ2v) is 4.75. The summed E-state index contributed by atoms with van der Waals surface area (Å²) in [5, 5.41) is 8.63. The fourth-order valence-corrected chi connectivity index (χ4v) is 2.38. The highest BCUT2D eigenvalue weighted by Crippen LogP contribution is 2.35. The first-order valence-corrected chi connectivity index (χ1v) is 5.40. The van der Waals surface area contributed by atoms with Crippen molar-refractivity contribution in [3.05, 3.63) is 0 Å². The van der Waals surface area contributed by atoms with Crippen molar-refractivity contribution in [1.82, 2.24) is 0 Å². The lowest BCUT2D eigenvalue weighted by atomic mass is 9.75. The minimum Gasteiger partial charge on any atom is -0.450 e. The smallest absolute Gasteiger partial charge is 0.450 e. The molecule has 0 amide bonds. The zero-order chi connectivity index (χ0) is 10.7. The summed E-state index contributed by atoms with van der Waals surface area (Å²) in [5.74, 6) is 1.50. The molecule has 1 aliphatic carbocycles. The van der Waals surface area contributed by atoms with Gasteiger partial charge in [-0.05, 0) is 30.6 Å². The number of carboxylic acid groups (broad SMARTS) is 1. The lowest BCUT2D eigenvalue weighted by molar-refractivity contribution is -0.0174. The maximum absolute atomic E-state index is 10.5. The molecule has 0 aromatic carbocycles. The van der Waals surface area contributed by atoms with Crippen LogP contribution in [0, 0.1) is 17.8 Å². The van der Waals surface area contributed by atoms with Crippen molar-refractivity contribution in [2.45, 2.75) is 46.1 Å². The maximum Gasteiger partial charge on any atom is 0.506 e. The van der Waals surface area contributed by atoms with Gasteiger partial charge in [-0.25, -0.2) is 4.79 Å². The molecule has 0 saturated heterocycles. The molecule has 1 aliphatic rings. The molecule has 0 radical (unpaired) electrons. The van der Waals surface area contributed by atoms with Gasteiger partial charge in [-0.1, -0.05) is 27.2 Å². The van der Waals surface area contributed by atoms with Gasteiger partial charge >= 0.3 is 6.16 Å². The van der Waals surface area contributed by atoms with E-state index in [1.165, 1.54) is 6.42 Å². The van der Waals surface area contributed by atoms with Gasteiger partial charge in [0, 0.05) is 0 Å². The van der Waals surface area contributed by atoms with Crippen molar-refractivity contribution >= 4 is 6.16 Å². The van der Waals surface area contributed by atoms with Gasteiger partial charge in [0.2, 0.25) is 0 Å². The van der Waals surface area contributed by atoms with E-state index in [1.54, 1.807) is 0 Å². The van der Waals surface area contributed by atoms with Crippen molar-refractivity contribution in [2.24, 2.45) is 17.8 Å². The van der Waals surface area contributed by atoms with Crippen LogP contribution in [0.1, 0.15) is 40.0 Å². The highest BCUT2D eigenvalue weighted by Gasteiger charge is 2.33. The van der Waals surface area contributed by atoms with Crippen LogP contribution in [0.25, 0.3) is 0 Å². The summed E-state index contributed by atoms with van der Waals surface area (Å²) in [6.07, 6.45) is 1.96. The summed E-state index contributed by atoms with van der Waals surface area (Å²) in [6.45, 7) is 6.44. The van der Waals surface area contributed by atoms with Crippen LogP contribution in [0.2, 0.25) is 0 Å². The van der Waals surface area contributed by atoms with Crippen molar-refractivity contribution in [3.63, 3.8) is 0 Å². The molecule has 0 spiro atoms. The van der Waals surface area contributed by atoms with Gasteiger partial charge < -0.3 is 9.84 Å². The maximum atomic E-state index is 10.5. The summed E-state index contributed by atoms with van der Waals surface area (Å²) >= 11 is 0. The van der Waals surface area contributed by atoms with Crippen molar-refractivity contribution in [3.8, 4) is 0 Å². The van der Waals surface area contributed by atoms with Crippen molar-refractivity contribution in [1.29, 1.82) is 0 Å². The van der Waals surface area contributed by atoms with E-state index in [-0.39, 0.29) is 6.10 Å². The lowest BCUT2D eigenvalue weighted by Gasteiger charge is -2.35. The zero-order valence-electron chi connectivity index (χ0n) is 9.19. The van der Waals surface area contributed by atoms with Crippen LogP contribution in [0.5, 0.6) is 0 Å². The fourth-order valence-electron chi connectivity index (χ4n) is 2.38. The second kappa shape index (κ2) is 4.67. The molecule has 3 nitrogen and oxygen atoms in total. The van der Waals surface area contributed by atoms with E-state index < -0.39 is 6.16 Å². The summed E-state index contributed by atoms with van der Waals surface area (Å²) in [6, 6.07) is 0. The molecule has 3 heteroatoms. The molecule has 14 heavy (non-hydrogen) atoms. The summed E-state index contributed by atoms with van der Waals surface area (Å²) in [5.41, 5.74) is 0. The summed E-state index contributed by atoms with van der Waals surface area (Å²) in [7, 11) is 0. The van der Waals surface area contributed by atoms with Gasteiger partial charge in [-0.3, -0.25) is 0 Å². The first kappa shape index (κ1) is 11.3. The molecule has 1 unspecified atom stereocenters. The standard InChI is InChI=1S/C11H20O3/c1-7(2)9-5-4-8(3)6-10(9)14-11(12)13/h7-10H,4-6H2,1-3H3,(H,12,13)/t8?,9-,10+/m0/s1. The molecular formula is C11H20O3. The molecule has 1 fully saturated rings. The Kier molecular flexibility index (Phi) is 3.78. The molecule has 0 aromatic rings. The van der Waals surface area contributed by atoms with Crippen LogP contribution in [-0.2, 0) is 4.74 Å². The van der Waals surface area contributed by atoms with E-state index in [0.29, 0.717) is 17.8 Å². The van der Waals surface area contributed by atoms with Gasteiger partial charge in [0.05, 0.1) is 0 Å². The van der Waals surface area contributed by atoms with E-state index in [4.69, 9.17) is 9.84 Å². The van der Waals surface area contributed by atoms with Gasteiger partial charge in [0.15, 0.2) is 0 Å². The molecule has 0 bridgehead atoms. The molecule has 82 valence electrons. The third kappa shape index (κ3) is 2.89. The highest BCUT2D eigenvalue weighted by atomic mass is 16.7. The Bertz CT molecular complexity index is 201. The largest absolute Gasteiger partial charge is 0.506 e. The van der Waals surface area contributed by atoms with Crippen LogP contribution in [0.4, 0.5) is 4.79 Å². The Morgan fingerprint density at radius 3 is 2.57 bits per heavy atom. The Labute approximate surface area is 85.5 Å². The fraction of sp³-hybridized carbons (Fsp3) is 0.909. The molecule has 0 aromatic heterocycles. The van der Waals surface area contributed by atoms with Crippen LogP contribution >= 0.6 is 0 Å². The average Bonchev–Trinajstić information content (AvgIpc) is 2.01. The molecular weight excluding hydrogens is 180 g/mol. The molecule has 0 aliphatic heterocycles. The predicted octanol–water partition coefficient (Wildman–Crippen LogP) is 3.14. The lowest BCUT2D eigenvalue weighted by Crippen LogP contribution is -2.35. The highest BCUT2D eigenvalue weighted by molar-refractivity contribution is 5.57. The van der Waals surface area contributed by atoms with Crippen LogP contribution in [0.3, 0.4) is 0 Å². The molecule has 1 saturated carbocycles. The minimum atomic E-state index is -1.13. The Morgan fingerprint density at radius 2 is 2.07 bits per heavy atom. The SMILES string of the molecule is CC1CC[C@@H](C(C)C)[C@H](OC(=O)O)C1. The van der Waals surface area contributed by atoms with E-state index in [9.17, 15) is 4.79 Å². The molecule has 1 rings (SSSR count). The topological polar surface area (TPSA) is 46.5 Å². The number of rotatable bonds is 2. The molecule has 3 atom stereocenters. The van der Waals surface area contributed by atoms with E-state index in [1.807, 2.05) is 0 Å². The number of hydrogen-bond acceptors (Lipinski definition) is 2. The quantitative estimate of drug-likeness (QED) is 0.696. The Morgan fingerprint density at radius 1 is 1.43 bits per heavy atom. The monoisotopic (exact) mass is 200 g/mol. The van der Waals surface area contributed by atoms with E-state index in [2.05, 4.69) is 20.8 Å². The third-order valence-electron chi connectivity index (χ3n) is 3.21. The van der Waals surface area contributed by atoms with Crippen LogP contribution in [-0.4, -0.2) is 17.4 Å². The van der Waals surface area contributed by atoms with E-state index >= 15 is 0 Å². The average molecular weight is 200 g/mol. The summed E-state index contributed by atoms with van der Waals surface area (Å²) < 4.78 is 4.95. The Balaban J connectivity index is 2.58. The molecule has 1 N–H and O–H groups in total. The van der Waals surface area contributed by atoms with Gasteiger partial charge in [-0.15, -0.1) is 0 Å². The summed E-state index contributed by atoms with van der Waals surface area (Å²) in [4.78, 5) is 10.5. The Hall–Kier alpha value is -0.730. The van der Waals surface area contributed by atoms with Crippen molar-refractivity contribution < 1.29 is 14.6 Å². The first-order valence-electron chi connectivity index (χ1n) is 5.40.